The zero-order chi connectivity index (χ0) is 22.7. The van der Waals surface area contributed by atoms with E-state index in [4.69, 9.17) is 15.2 Å². The second kappa shape index (κ2) is 7.13. The van der Waals surface area contributed by atoms with E-state index in [1.165, 1.54) is 11.6 Å². The van der Waals surface area contributed by atoms with E-state index in [0.29, 0.717) is 28.1 Å². The Kier molecular flexibility index (Phi) is 4.49. The van der Waals surface area contributed by atoms with Gasteiger partial charge < -0.3 is 19.8 Å². The SMILES string of the molecule is Cc1cccc(-c2c3c(=O)n(C)c(=O)n(C)c3c(C(N)c3ccc4c(c3)OCO4)n2C)c1. The number of aromatic nitrogens is 3. The molecule has 164 valence electrons. The molecular weight excluding hydrogens is 408 g/mol. The number of aryl methyl sites for hydroxylation is 2. The number of benzene rings is 2. The molecule has 8 nitrogen and oxygen atoms in total. The Morgan fingerprint density at radius 2 is 1.69 bits per heavy atom. The lowest BCUT2D eigenvalue weighted by molar-refractivity contribution is 0.174. The molecule has 3 heterocycles. The first-order chi connectivity index (χ1) is 15.3. The van der Waals surface area contributed by atoms with Crippen LogP contribution >= 0.6 is 0 Å². The molecule has 8 heteroatoms. The van der Waals surface area contributed by atoms with Gasteiger partial charge in [-0.2, -0.15) is 0 Å². The molecule has 32 heavy (non-hydrogen) atoms. The number of rotatable bonds is 3. The summed E-state index contributed by atoms with van der Waals surface area (Å²) in [5.74, 6) is 1.29. The zero-order valence-electron chi connectivity index (χ0n) is 18.4. The second-order valence-corrected chi connectivity index (χ2v) is 8.18. The molecule has 0 radical (unpaired) electrons. The van der Waals surface area contributed by atoms with Gasteiger partial charge in [-0.15, -0.1) is 0 Å². The molecule has 0 spiro atoms. The quantitative estimate of drug-likeness (QED) is 0.536. The first kappa shape index (κ1) is 20.1. The van der Waals surface area contributed by atoms with Crippen LogP contribution in [0.4, 0.5) is 0 Å². The lowest BCUT2D eigenvalue weighted by Crippen LogP contribution is -2.37. The normalized spacial score (nSPS) is 13.7. The topological polar surface area (TPSA) is 93.4 Å². The molecule has 1 aliphatic rings. The summed E-state index contributed by atoms with van der Waals surface area (Å²) >= 11 is 0. The maximum atomic E-state index is 13.3. The number of fused-ring (bicyclic) bond motifs is 2. The minimum atomic E-state index is -0.603. The van der Waals surface area contributed by atoms with Crippen molar-refractivity contribution in [2.45, 2.75) is 13.0 Å². The van der Waals surface area contributed by atoms with Crippen LogP contribution in [0.3, 0.4) is 0 Å². The summed E-state index contributed by atoms with van der Waals surface area (Å²) in [4.78, 5) is 26.1. The van der Waals surface area contributed by atoms with Crippen molar-refractivity contribution < 1.29 is 9.47 Å². The van der Waals surface area contributed by atoms with Gasteiger partial charge in [-0.3, -0.25) is 13.9 Å². The van der Waals surface area contributed by atoms with E-state index in [1.54, 1.807) is 7.05 Å². The van der Waals surface area contributed by atoms with Crippen molar-refractivity contribution in [3.63, 3.8) is 0 Å². The average molecular weight is 432 g/mol. The lowest BCUT2D eigenvalue weighted by atomic mass is 10.0. The summed E-state index contributed by atoms with van der Waals surface area (Å²) in [6, 6.07) is 12.9. The molecular formula is C24H24N4O4. The third kappa shape index (κ3) is 2.80. The van der Waals surface area contributed by atoms with Crippen LogP contribution in [0, 0.1) is 6.92 Å². The maximum Gasteiger partial charge on any atom is 0.331 e. The standard InChI is InChI=1S/C24H24N4O4/c1-13-6-5-7-15(10-13)20-18-21(27(3)24(30)28(4)23(18)29)22(26(20)2)19(25)14-8-9-16-17(11-14)32-12-31-16/h5-11,19H,12,25H2,1-4H3. The van der Waals surface area contributed by atoms with Crippen molar-refractivity contribution in [2.75, 3.05) is 6.79 Å². The Morgan fingerprint density at radius 1 is 0.938 bits per heavy atom. The molecule has 0 amide bonds. The van der Waals surface area contributed by atoms with Crippen LogP contribution in [0.2, 0.25) is 0 Å². The smallest absolute Gasteiger partial charge is 0.331 e. The fraction of sp³-hybridized carbons (Fsp3) is 0.250. The number of ether oxygens (including phenoxy) is 2. The maximum absolute atomic E-state index is 13.3. The monoisotopic (exact) mass is 432 g/mol. The van der Waals surface area contributed by atoms with Crippen molar-refractivity contribution in [3.05, 3.63) is 80.1 Å². The Balaban J connectivity index is 1.86. The number of hydrogen-bond donors (Lipinski definition) is 1. The largest absolute Gasteiger partial charge is 0.454 e. The molecule has 2 N–H and O–H groups in total. The van der Waals surface area contributed by atoms with Crippen molar-refractivity contribution >= 4 is 10.9 Å². The van der Waals surface area contributed by atoms with Crippen LogP contribution in [0.5, 0.6) is 11.5 Å². The zero-order valence-corrected chi connectivity index (χ0v) is 18.4. The van der Waals surface area contributed by atoms with Crippen LogP contribution in [0.15, 0.2) is 52.1 Å². The molecule has 5 rings (SSSR count). The van der Waals surface area contributed by atoms with Gasteiger partial charge in [-0.05, 0) is 36.2 Å². The lowest BCUT2D eigenvalue weighted by Gasteiger charge is -2.17. The van der Waals surface area contributed by atoms with Gasteiger partial charge >= 0.3 is 5.69 Å². The Labute approximate surface area is 184 Å². The Bertz CT molecular complexity index is 1510. The summed E-state index contributed by atoms with van der Waals surface area (Å²) in [5, 5.41) is 0.467. The highest BCUT2D eigenvalue weighted by Gasteiger charge is 2.28. The molecule has 1 atom stereocenters. The van der Waals surface area contributed by atoms with Crippen molar-refractivity contribution in [1.29, 1.82) is 0 Å². The first-order valence-corrected chi connectivity index (χ1v) is 10.3. The number of hydrogen-bond acceptors (Lipinski definition) is 5. The molecule has 4 aromatic rings. The van der Waals surface area contributed by atoms with Gasteiger partial charge in [0.25, 0.3) is 5.56 Å². The highest BCUT2D eigenvalue weighted by Crippen LogP contribution is 2.38. The van der Waals surface area contributed by atoms with Gasteiger partial charge in [0.05, 0.1) is 28.3 Å². The third-order valence-corrected chi connectivity index (χ3v) is 6.18. The highest BCUT2D eigenvalue weighted by atomic mass is 16.7. The summed E-state index contributed by atoms with van der Waals surface area (Å²) in [6.45, 7) is 2.17. The Hall–Kier alpha value is -3.78. The van der Waals surface area contributed by atoms with Crippen molar-refractivity contribution in [2.24, 2.45) is 26.9 Å². The highest BCUT2D eigenvalue weighted by molar-refractivity contribution is 5.96. The number of nitrogens with zero attached hydrogens (tertiary/aromatic N) is 3. The Morgan fingerprint density at radius 3 is 2.44 bits per heavy atom. The molecule has 0 saturated carbocycles. The van der Waals surface area contributed by atoms with E-state index in [9.17, 15) is 9.59 Å². The van der Waals surface area contributed by atoms with Gasteiger partial charge in [-0.25, -0.2) is 4.79 Å². The fourth-order valence-electron chi connectivity index (χ4n) is 4.56. The predicted octanol–water partition coefficient (Wildman–Crippen LogP) is 2.33. The van der Waals surface area contributed by atoms with E-state index in [1.807, 2.05) is 61.0 Å². The van der Waals surface area contributed by atoms with E-state index in [-0.39, 0.29) is 12.4 Å². The van der Waals surface area contributed by atoms with Crippen molar-refractivity contribution in [3.8, 4) is 22.8 Å². The van der Waals surface area contributed by atoms with Crippen LogP contribution in [0.1, 0.15) is 22.9 Å². The minimum absolute atomic E-state index is 0.170. The number of nitrogens with two attached hydrogens (primary N) is 1. The van der Waals surface area contributed by atoms with E-state index in [0.717, 1.165) is 27.0 Å². The van der Waals surface area contributed by atoms with Crippen LogP contribution in [-0.2, 0) is 21.1 Å². The van der Waals surface area contributed by atoms with Crippen LogP contribution in [0.25, 0.3) is 22.2 Å². The van der Waals surface area contributed by atoms with Gasteiger partial charge in [0.1, 0.15) is 0 Å². The molecule has 0 saturated heterocycles. The molecule has 1 aliphatic heterocycles. The average Bonchev–Trinajstić information content (AvgIpc) is 3.37. The van der Waals surface area contributed by atoms with E-state index < -0.39 is 11.7 Å². The third-order valence-electron chi connectivity index (χ3n) is 6.18. The predicted molar refractivity (Wildman–Crippen MR) is 122 cm³/mol. The summed E-state index contributed by atoms with van der Waals surface area (Å²) < 4.78 is 15.5. The van der Waals surface area contributed by atoms with Crippen LogP contribution < -0.4 is 26.5 Å². The summed E-state index contributed by atoms with van der Waals surface area (Å²) in [5.41, 5.74) is 10.7. The minimum Gasteiger partial charge on any atom is -0.454 e. The second-order valence-electron chi connectivity index (χ2n) is 8.18. The summed E-state index contributed by atoms with van der Waals surface area (Å²) in [7, 11) is 5.04. The first-order valence-electron chi connectivity index (χ1n) is 10.3. The van der Waals surface area contributed by atoms with Crippen LogP contribution in [-0.4, -0.2) is 20.5 Å². The molecule has 2 aromatic carbocycles. The molecule has 1 unspecified atom stereocenters. The van der Waals surface area contributed by atoms with Gasteiger partial charge in [0, 0.05) is 21.1 Å². The molecule has 0 bridgehead atoms. The van der Waals surface area contributed by atoms with E-state index >= 15 is 0 Å². The fourth-order valence-corrected chi connectivity index (χ4v) is 4.56. The van der Waals surface area contributed by atoms with Gasteiger partial charge in [-0.1, -0.05) is 29.8 Å². The van der Waals surface area contributed by atoms with E-state index in [2.05, 4.69) is 0 Å². The van der Waals surface area contributed by atoms with Crippen molar-refractivity contribution in [1.82, 2.24) is 13.7 Å². The molecule has 2 aromatic heterocycles. The van der Waals surface area contributed by atoms with Gasteiger partial charge in [0.15, 0.2) is 11.5 Å². The molecule has 0 aliphatic carbocycles. The van der Waals surface area contributed by atoms with Gasteiger partial charge in [0.2, 0.25) is 6.79 Å². The molecule has 0 fully saturated rings. The summed E-state index contributed by atoms with van der Waals surface area (Å²) in [6.07, 6.45) is 0.